The van der Waals surface area contributed by atoms with Gasteiger partial charge in [-0.25, -0.2) is 8.42 Å². The van der Waals surface area contributed by atoms with Gasteiger partial charge >= 0.3 is 5.97 Å². The highest BCUT2D eigenvalue weighted by Gasteiger charge is 2.16. The second kappa shape index (κ2) is 7.04. The molecule has 1 rings (SSSR count). The quantitative estimate of drug-likeness (QED) is 0.768. The zero-order valence-electron chi connectivity index (χ0n) is 11.1. The molecule has 0 saturated heterocycles. The summed E-state index contributed by atoms with van der Waals surface area (Å²) >= 11 is 0. The van der Waals surface area contributed by atoms with Crippen molar-refractivity contribution in [3.8, 4) is 0 Å². The standard InChI is InChI=1S/C13H17NO5S/c1-2-14-12(15)7-8-20(18,19)11-5-3-10(4-6-11)9-13(16)17/h3-6H,2,7-9H2,1H3,(H,14,15)(H,16,17). The van der Waals surface area contributed by atoms with Crippen molar-refractivity contribution >= 4 is 21.7 Å². The van der Waals surface area contributed by atoms with Crippen LogP contribution in [0.15, 0.2) is 29.2 Å². The van der Waals surface area contributed by atoms with Gasteiger partial charge in [0.15, 0.2) is 9.84 Å². The van der Waals surface area contributed by atoms with E-state index in [0.29, 0.717) is 12.1 Å². The van der Waals surface area contributed by atoms with Crippen LogP contribution >= 0.6 is 0 Å². The Labute approximate surface area is 117 Å². The fraction of sp³-hybridized carbons (Fsp3) is 0.385. The molecule has 0 aliphatic carbocycles. The van der Waals surface area contributed by atoms with Gasteiger partial charge in [0, 0.05) is 13.0 Å². The van der Waals surface area contributed by atoms with E-state index in [0.717, 1.165) is 0 Å². The van der Waals surface area contributed by atoms with Crippen LogP contribution in [0.5, 0.6) is 0 Å². The van der Waals surface area contributed by atoms with E-state index < -0.39 is 15.8 Å². The second-order valence-electron chi connectivity index (χ2n) is 4.24. The van der Waals surface area contributed by atoms with Gasteiger partial charge in [-0.05, 0) is 24.6 Å². The Morgan fingerprint density at radius 3 is 2.30 bits per heavy atom. The average Bonchev–Trinajstić information content (AvgIpc) is 2.37. The van der Waals surface area contributed by atoms with Crippen LogP contribution in [-0.2, 0) is 25.8 Å². The van der Waals surface area contributed by atoms with Gasteiger partial charge in [-0.2, -0.15) is 0 Å². The highest BCUT2D eigenvalue weighted by Crippen LogP contribution is 2.13. The number of carbonyl (C=O) groups is 2. The Balaban J connectivity index is 2.72. The Bertz CT molecular complexity index is 577. The zero-order chi connectivity index (χ0) is 15.2. The summed E-state index contributed by atoms with van der Waals surface area (Å²) in [6.07, 6.45) is -0.244. The van der Waals surface area contributed by atoms with Crippen LogP contribution in [0.25, 0.3) is 0 Å². The summed E-state index contributed by atoms with van der Waals surface area (Å²) in [5.41, 5.74) is 0.528. The molecule has 0 saturated carbocycles. The third-order valence-electron chi connectivity index (χ3n) is 2.61. The van der Waals surface area contributed by atoms with Crippen molar-refractivity contribution in [1.29, 1.82) is 0 Å². The van der Waals surface area contributed by atoms with E-state index in [1.54, 1.807) is 6.92 Å². The maximum Gasteiger partial charge on any atom is 0.307 e. The number of aliphatic carboxylic acids is 1. The summed E-state index contributed by atoms with van der Waals surface area (Å²) < 4.78 is 24.0. The van der Waals surface area contributed by atoms with E-state index in [-0.39, 0.29) is 29.4 Å². The van der Waals surface area contributed by atoms with E-state index in [2.05, 4.69) is 5.32 Å². The summed E-state index contributed by atoms with van der Waals surface area (Å²) in [6.45, 7) is 2.22. The molecule has 0 aliphatic rings. The predicted molar refractivity (Wildman–Crippen MR) is 73.1 cm³/mol. The molecule has 1 aromatic rings. The van der Waals surface area contributed by atoms with Crippen LogP contribution in [0.2, 0.25) is 0 Å². The largest absolute Gasteiger partial charge is 0.481 e. The third kappa shape index (κ3) is 5.00. The first-order chi connectivity index (χ1) is 9.35. The fourth-order valence-corrected chi connectivity index (χ4v) is 2.86. The molecule has 0 fully saturated rings. The molecule has 0 aliphatic heterocycles. The molecule has 0 spiro atoms. The van der Waals surface area contributed by atoms with E-state index in [1.165, 1.54) is 24.3 Å². The molecule has 110 valence electrons. The SMILES string of the molecule is CCNC(=O)CCS(=O)(=O)c1ccc(CC(=O)O)cc1. The number of amides is 1. The number of rotatable bonds is 7. The normalized spacial score (nSPS) is 11.1. The molecule has 2 N–H and O–H groups in total. The molecule has 7 heteroatoms. The van der Waals surface area contributed by atoms with Crippen LogP contribution in [-0.4, -0.2) is 37.7 Å². The molecule has 6 nitrogen and oxygen atoms in total. The molecule has 20 heavy (non-hydrogen) atoms. The minimum absolute atomic E-state index is 0.0902. The lowest BCUT2D eigenvalue weighted by molar-refractivity contribution is -0.136. The topological polar surface area (TPSA) is 101 Å². The van der Waals surface area contributed by atoms with Gasteiger partial charge in [0.2, 0.25) is 5.91 Å². The summed E-state index contributed by atoms with van der Waals surface area (Å²) in [5, 5.41) is 11.2. The summed E-state index contributed by atoms with van der Waals surface area (Å²) in [7, 11) is -3.53. The van der Waals surface area contributed by atoms with Gasteiger partial charge < -0.3 is 10.4 Å². The third-order valence-corrected chi connectivity index (χ3v) is 4.34. The molecule has 0 radical (unpaired) electrons. The van der Waals surface area contributed by atoms with Crippen molar-refractivity contribution in [1.82, 2.24) is 5.32 Å². The maximum atomic E-state index is 12.0. The van der Waals surface area contributed by atoms with Crippen molar-refractivity contribution < 1.29 is 23.1 Å². The lowest BCUT2D eigenvalue weighted by Gasteiger charge is -2.05. The van der Waals surface area contributed by atoms with E-state index in [4.69, 9.17) is 5.11 Å². The molecule has 0 unspecified atom stereocenters. The van der Waals surface area contributed by atoms with Gasteiger partial charge in [0.05, 0.1) is 17.1 Å². The number of hydrogen-bond acceptors (Lipinski definition) is 4. The van der Waals surface area contributed by atoms with E-state index in [1.807, 2.05) is 0 Å². The minimum atomic E-state index is -3.53. The number of sulfone groups is 1. The van der Waals surface area contributed by atoms with Crippen LogP contribution < -0.4 is 5.32 Å². The second-order valence-corrected chi connectivity index (χ2v) is 6.35. The first-order valence-corrected chi connectivity index (χ1v) is 7.80. The van der Waals surface area contributed by atoms with Crippen molar-refractivity contribution in [2.24, 2.45) is 0 Å². The fourth-order valence-electron chi connectivity index (χ4n) is 1.62. The van der Waals surface area contributed by atoms with Crippen molar-refractivity contribution in [2.75, 3.05) is 12.3 Å². The van der Waals surface area contributed by atoms with Crippen molar-refractivity contribution in [3.63, 3.8) is 0 Å². The first-order valence-electron chi connectivity index (χ1n) is 6.15. The van der Waals surface area contributed by atoms with Gasteiger partial charge in [-0.3, -0.25) is 9.59 Å². The van der Waals surface area contributed by atoms with Gasteiger partial charge in [0.25, 0.3) is 0 Å². The number of carbonyl (C=O) groups excluding carboxylic acids is 1. The summed E-state index contributed by atoms with van der Waals surface area (Å²) in [6, 6.07) is 5.66. The monoisotopic (exact) mass is 299 g/mol. The maximum absolute atomic E-state index is 12.0. The molecule has 0 atom stereocenters. The number of nitrogens with one attached hydrogen (secondary N) is 1. The Hall–Kier alpha value is -1.89. The van der Waals surface area contributed by atoms with Crippen molar-refractivity contribution in [3.05, 3.63) is 29.8 Å². The predicted octanol–water partition coefficient (Wildman–Crippen LogP) is 0.614. The summed E-state index contributed by atoms with van der Waals surface area (Å²) in [5.74, 6) is -1.55. The van der Waals surface area contributed by atoms with E-state index >= 15 is 0 Å². The minimum Gasteiger partial charge on any atom is -0.481 e. The van der Waals surface area contributed by atoms with Crippen molar-refractivity contribution in [2.45, 2.75) is 24.7 Å². The van der Waals surface area contributed by atoms with Gasteiger partial charge in [-0.1, -0.05) is 12.1 Å². The Kier molecular flexibility index (Phi) is 5.69. The molecule has 1 aromatic carbocycles. The molecular weight excluding hydrogens is 282 g/mol. The van der Waals surface area contributed by atoms with Gasteiger partial charge in [-0.15, -0.1) is 0 Å². The smallest absolute Gasteiger partial charge is 0.307 e. The highest BCUT2D eigenvalue weighted by molar-refractivity contribution is 7.91. The average molecular weight is 299 g/mol. The number of hydrogen-bond donors (Lipinski definition) is 2. The van der Waals surface area contributed by atoms with Gasteiger partial charge in [0.1, 0.15) is 0 Å². The number of carboxylic acids is 1. The Morgan fingerprint density at radius 2 is 1.80 bits per heavy atom. The van der Waals surface area contributed by atoms with Crippen LogP contribution in [0.3, 0.4) is 0 Å². The van der Waals surface area contributed by atoms with Crippen LogP contribution in [0, 0.1) is 0 Å². The van der Waals surface area contributed by atoms with Crippen LogP contribution in [0.1, 0.15) is 18.9 Å². The zero-order valence-corrected chi connectivity index (χ0v) is 11.9. The molecular formula is C13H17NO5S. The lowest BCUT2D eigenvalue weighted by Crippen LogP contribution is -2.25. The Morgan fingerprint density at radius 1 is 1.20 bits per heavy atom. The van der Waals surface area contributed by atoms with E-state index in [9.17, 15) is 18.0 Å². The molecule has 0 bridgehead atoms. The highest BCUT2D eigenvalue weighted by atomic mass is 32.2. The molecule has 0 aromatic heterocycles. The number of benzene rings is 1. The first kappa shape index (κ1) is 16.2. The molecule has 0 heterocycles. The summed E-state index contributed by atoms with van der Waals surface area (Å²) in [4.78, 5) is 21.9. The lowest BCUT2D eigenvalue weighted by atomic mass is 10.2. The molecule has 1 amide bonds. The van der Waals surface area contributed by atoms with Crippen LogP contribution in [0.4, 0.5) is 0 Å². The number of carboxylic acid groups (broad SMARTS) is 1.